The Labute approximate surface area is 332 Å². The summed E-state index contributed by atoms with van der Waals surface area (Å²) in [4.78, 5) is 2.52. The predicted molar refractivity (Wildman–Crippen MR) is 231 cm³/mol. The van der Waals surface area contributed by atoms with Crippen molar-refractivity contribution in [3.63, 3.8) is 0 Å². The number of rotatable bonds is 3. The van der Waals surface area contributed by atoms with Crippen molar-refractivity contribution < 1.29 is 18.6 Å². The zero-order valence-corrected chi connectivity index (χ0v) is 34.9. The van der Waals surface area contributed by atoms with E-state index < -0.39 is 36.6 Å². The largest absolute Gasteiger partial charge is 0.494 e. The molecule has 284 valence electrons. The molecule has 56 heavy (non-hydrogen) atoms. The third-order valence-electron chi connectivity index (χ3n) is 14.4. The molecule has 4 aliphatic heterocycles. The number of fused-ring (bicyclic) bond motifs is 7. The van der Waals surface area contributed by atoms with Crippen LogP contribution in [0, 0.1) is 0 Å². The lowest BCUT2D eigenvalue weighted by molar-refractivity contribution is 0.00578. The van der Waals surface area contributed by atoms with Crippen LogP contribution in [-0.4, -0.2) is 41.2 Å². The number of hydrogen-bond acceptors (Lipinski definition) is 5. The third kappa shape index (κ3) is 4.73. The molecule has 0 radical (unpaired) electrons. The van der Waals surface area contributed by atoms with E-state index in [0.717, 1.165) is 38.4 Å². The Hall–Kier alpha value is -4.33. The molecule has 0 amide bonds. The molecule has 4 aliphatic rings. The van der Waals surface area contributed by atoms with Crippen molar-refractivity contribution in [1.82, 2.24) is 4.57 Å². The van der Waals surface area contributed by atoms with Crippen LogP contribution in [0.3, 0.4) is 0 Å². The van der Waals surface area contributed by atoms with Gasteiger partial charge in [-0.05, 0) is 125 Å². The van der Waals surface area contributed by atoms with E-state index >= 15 is 0 Å². The zero-order chi connectivity index (χ0) is 39.5. The van der Waals surface area contributed by atoms with Crippen molar-refractivity contribution in [1.29, 1.82) is 0 Å². The maximum Gasteiger partial charge on any atom is 0.494 e. The molecule has 0 saturated carbocycles. The fourth-order valence-corrected chi connectivity index (χ4v) is 9.59. The molecule has 0 bridgehead atoms. The average Bonchev–Trinajstić information content (AvgIpc) is 3.67. The second-order valence-corrected chi connectivity index (χ2v) is 19.6. The first-order valence-corrected chi connectivity index (χ1v) is 20.2. The van der Waals surface area contributed by atoms with E-state index in [9.17, 15) is 0 Å². The van der Waals surface area contributed by atoms with E-state index in [0.29, 0.717) is 0 Å². The summed E-state index contributed by atoms with van der Waals surface area (Å²) in [7, 11) is -0.954. The van der Waals surface area contributed by atoms with Crippen molar-refractivity contribution in [2.45, 2.75) is 116 Å². The van der Waals surface area contributed by atoms with Gasteiger partial charge in [0.2, 0.25) is 0 Å². The van der Waals surface area contributed by atoms with Crippen LogP contribution < -0.4 is 15.8 Å². The summed E-state index contributed by atoms with van der Waals surface area (Å²) in [6.07, 6.45) is 0. The Morgan fingerprint density at radius 2 is 0.804 bits per heavy atom. The Morgan fingerprint density at radius 1 is 0.429 bits per heavy atom. The Kier molecular flexibility index (Phi) is 7.21. The molecule has 0 unspecified atom stereocenters. The molecule has 6 nitrogen and oxygen atoms in total. The summed E-state index contributed by atoms with van der Waals surface area (Å²) in [6, 6.07) is 36.2. The molecule has 2 saturated heterocycles. The number of hydrogen-bond donors (Lipinski definition) is 0. The van der Waals surface area contributed by atoms with Crippen molar-refractivity contribution >= 4 is 64.0 Å². The fourth-order valence-electron chi connectivity index (χ4n) is 9.59. The number of benzene rings is 5. The first-order chi connectivity index (χ1) is 26.2. The summed E-state index contributed by atoms with van der Waals surface area (Å²) in [5, 5.41) is 2.26. The first kappa shape index (κ1) is 36.0. The van der Waals surface area contributed by atoms with Gasteiger partial charge in [-0.3, -0.25) is 0 Å². The normalized spacial score (nSPS) is 21.7. The molecule has 0 spiro atoms. The highest BCUT2D eigenvalue weighted by Crippen LogP contribution is 2.60. The smallest absolute Gasteiger partial charge is 0.399 e. The highest BCUT2D eigenvalue weighted by atomic mass is 16.7. The van der Waals surface area contributed by atoms with Crippen molar-refractivity contribution in [2.24, 2.45) is 0 Å². The van der Waals surface area contributed by atoms with Gasteiger partial charge in [-0.2, -0.15) is 0 Å². The SMILES string of the molecule is CC1(C)c2ccccc2N2c3ccccc3C(C)(C)c3cc(-n4c5ccc(B6OC(C)(C)C(C)(C)O6)cc5c5cc(B6OC(C)(C)C(C)(C)O6)ccc54)cc1c32. The van der Waals surface area contributed by atoms with Crippen molar-refractivity contribution in [3.8, 4) is 5.69 Å². The number of anilines is 3. The lowest BCUT2D eigenvalue weighted by atomic mass is 9.66. The van der Waals surface area contributed by atoms with Crippen molar-refractivity contribution in [2.75, 3.05) is 4.90 Å². The molecular weight excluding hydrogens is 690 g/mol. The van der Waals surface area contributed by atoms with Gasteiger partial charge in [0, 0.05) is 27.3 Å². The van der Waals surface area contributed by atoms with Gasteiger partial charge in [0.25, 0.3) is 0 Å². The summed E-state index contributed by atoms with van der Waals surface area (Å²) >= 11 is 0. The molecular formula is C48H52B2N2O4. The zero-order valence-electron chi connectivity index (χ0n) is 34.9. The minimum atomic E-state index is -0.477. The van der Waals surface area contributed by atoms with Crippen LogP contribution in [-0.2, 0) is 29.4 Å². The van der Waals surface area contributed by atoms with Gasteiger partial charge in [0.15, 0.2) is 0 Å². The van der Waals surface area contributed by atoms with Gasteiger partial charge in [-0.15, -0.1) is 0 Å². The predicted octanol–water partition coefficient (Wildman–Crippen LogP) is 10.1. The van der Waals surface area contributed by atoms with Crippen LogP contribution in [0.4, 0.5) is 17.1 Å². The molecule has 6 aromatic rings. The molecule has 0 aliphatic carbocycles. The summed E-state index contributed by atoms with van der Waals surface area (Å²) in [6.45, 7) is 26.4. The summed E-state index contributed by atoms with van der Waals surface area (Å²) in [5.41, 5.74) is 12.2. The van der Waals surface area contributed by atoms with Crippen LogP contribution in [0.15, 0.2) is 97.1 Å². The van der Waals surface area contributed by atoms with Gasteiger partial charge in [0.05, 0.1) is 50.5 Å². The lowest BCUT2D eigenvalue weighted by Crippen LogP contribution is -2.41. The van der Waals surface area contributed by atoms with Crippen molar-refractivity contribution in [3.05, 3.63) is 119 Å². The standard InChI is InChI=1S/C48H52B2N2O4/c1-43(2)34-17-13-15-19-40(34)52-41-20-16-14-18-35(41)44(3,4)37-28-31(27-36(43)42(37)52)51-38-23-21-29(49-53-45(5,6)46(7,8)54-49)25-32(38)33-26-30(22-24-39(33)51)50-55-47(9,10)48(11,12)56-50/h13-28H,1-12H3. The second kappa shape index (κ2) is 11.2. The number of para-hydroxylation sites is 2. The van der Waals surface area contributed by atoms with Crippen LogP contribution >= 0.6 is 0 Å². The van der Waals surface area contributed by atoms with E-state index in [4.69, 9.17) is 18.6 Å². The quantitative estimate of drug-likeness (QED) is 0.169. The fraction of sp³-hybridized carbons (Fsp3) is 0.375. The van der Waals surface area contributed by atoms with Crippen LogP contribution in [0.2, 0.25) is 0 Å². The topological polar surface area (TPSA) is 45.1 Å². The van der Waals surface area contributed by atoms with Gasteiger partial charge >= 0.3 is 14.2 Å². The van der Waals surface area contributed by atoms with E-state index in [1.165, 1.54) is 39.3 Å². The molecule has 1 aromatic heterocycles. The molecule has 10 rings (SSSR count). The van der Waals surface area contributed by atoms with Crippen LogP contribution in [0.25, 0.3) is 27.5 Å². The molecule has 8 heteroatoms. The van der Waals surface area contributed by atoms with Gasteiger partial charge in [-0.25, -0.2) is 0 Å². The maximum absolute atomic E-state index is 6.59. The lowest BCUT2D eigenvalue weighted by Gasteiger charge is -2.49. The minimum Gasteiger partial charge on any atom is -0.399 e. The highest BCUT2D eigenvalue weighted by molar-refractivity contribution is 6.63. The Balaban J connectivity index is 1.23. The van der Waals surface area contributed by atoms with E-state index in [1.807, 2.05) is 0 Å². The molecule has 0 N–H and O–H groups in total. The first-order valence-electron chi connectivity index (χ1n) is 20.2. The van der Waals surface area contributed by atoms with Crippen LogP contribution in [0.1, 0.15) is 105 Å². The van der Waals surface area contributed by atoms with Gasteiger partial charge in [0.1, 0.15) is 0 Å². The second-order valence-electron chi connectivity index (χ2n) is 19.6. The Bertz CT molecular complexity index is 2450. The number of aromatic nitrogens is 1. The van der Waals surface area contributed by atoms with E-state index in [-0.39, 0.29) is 10.8 Å². The average molecular weight is 743 g/mol. The van der Waals surface area contributed by atoms with E-state index in [2.05, 4.69) is 190 Å². The minimum absolute atomic E-state index is 0.248. The van der Waals surface area contributed by atoms with Gasteiger partial charge < -0.3 is 28.1 Å². The Morgan fingerprint density at radius 3 is 1.20 bits per heavy atom. The summed E-state index contributed by atoms with van der Waals surface area (Å²) < 4.78 is 28.8. The monoisotopic (exact) mass is 742 g/mol. The van der Waals surface area contributed by atoms with Gasteiger partial charge in [-0.1, -0.05) is 88.4 Å². The highest BCUT2D eigenvalue weighted by Gasteiger charge is 2.53. The molecule has 0 atom stereocenters. The molecule has 2 fully saturated rings. The number of nitrogens with zero attached hydrogens (tertiary/aromatic N) is 2. The third-order valence-corrected chi connectivity index (χ3v) is 14.4. The van der Waals surface area contributed by atoms with E-state index in [1.54, 1.807) is 0 Å². The molecule has 5 aromatic carbocycles. The van der Waals surface area contributed by atoms with Crippen LogP contribution in [0.5, 0.6) is 0 Å². The summed E-state index contributed by atoms with van der Waals surface area (Å²) in [5.74, 6) is 0. The maximum atomic E-state index is 6.59. The molecule has 5 heterocycles.